The number of aromatic nitrogens is 2. The molecule has 18 heavy (non-hydrogen) atoms. The maximum atomic E-state index is 4.74. The van der Waals surface area contributed by atoms with Gasteiger partial charge in [-0.2, -0.15) is 5.10 Å². The molecule has 0 aromatic carbocycles. The lowest BCUT2D eigenvalue weighted by molar-refractivity contribution is 0.359. The average Bonchev–Trinajstić information content (AvgIpc) is 2.91. The number of nitrogens with one attached hydrogen (secondary N) is 1. The summed E-state index contributed by atoms with van der Waals surface area (Å²) < 4.78 is 1.84. The molecule has 1 N–H and O–H groups in total. The molecule has 3 rings (SSSR count). The summed E-state index contributed by atoms with van der Waals surface area (Å²) in [5.41, 5.74) is 2.62. The number of anilines is 1. The lowest BCUT2D eigenvalue weighted by Gasteiger charge is -2.30. The van der Waals surface area contributed by atoms with Crippen molar-refractivity contribution < 1.29 is 0 Å². The van der Waals surface area contributed by atoms with Gasteiger partial charge in [-0.05, 0) is 25.2 Å². The predicted octanol–water partition coefficient (Wildman–Crippen LogP) is 2.80. The highest BCUT2D eigenvalue weighted by Gasteiger charge is 2.36. The molecule has 1 aromatic rings. The molecule has 0 saturated heterocycles. The Morgan fingerprint density at radius 3 is 2.72 bits per heavy atom. The van der Waals surface area contributed by atoms with Gasteiger partial charge in [0.15, 0.2) is 5.17 Å². The maximum Gasteiger partial charge on any atom is 0.161 e. The van der Waals surface area contributed by atoms with Gasteiger partial charge in [-0.3, -0.25) is 9.67 Å². The summed E-state index contributed by atoms with van der Waals surface area (Å²) in [7, 11) is 1.95. The quantitative estimate of drug-likeness (QED) is 0.848. The van der Waals surface area contributed by atoms with Crippen molar-refractivity contribution in [1.82, 2.24) is 9.78 Å². The second-order valence-electron chi connectivity index (χ2n) is 5.54. The van der Waals surface area contributed by atoms with E-state index in [9.17, 15) is 0 Å². The lowest BCUT2D eigenvalue weighted by Crippen LogP contribution is -2.30. The normalized spacial score (nSPS) is 22.2. The van der Waals surface area contributed by atoms with Gasteiger partial charge in [0.2, 0.25) is 0 Å². The van der Waals surface area contributed by atoms with Gasteiger partial charge in [0, 0.05) is 25.5 Å². The van der Waals surface area contributed by atoms with Gasteiger partial charge in [-0.25, -0.2) is 0 Å². The van der Waals surface area contributed by atoms with Crippen LogP contribution in [0.15, 0.2) is 11.2 Å². The Morgan fingerprint density at radius 1 is 1.39 bits per heavy atom. The Hall–Kier alpha value is -0.970. The van der Waals surface area contributed by atoms with E-state index in [4.69, 9.17) is 4.99 Å². The summed E-state index contributed by atoms with van der Waals surface area (Å²) in [6.07, 6.45) is 7.52. The van der Waals surface area contributed by atoms with E-state index in [2.05, 4.69) is 10.4 Å². The van der Waals surface area contributed by atoms with E-state index in [1.165, 1.54) is 31.4 Å². The van der Waals surface area contributed by atoms with E-state index in [0.29, 0.717) is 5.41 Å². The van der Waals surface area contributed by atoms with Crippen LogP contribution in [0.5, 0.6) is 0 Å². The van der Waals surface area contributed by atoms with Crippen molar-refractivity contribution in [3.63, 3.8) is 0 Å². The molecular weight excluding hydrogens is 244 g/mol. The molecule has 0 amide bonds. The van der Waals surface area contributed by atoms with Crippen molar-refractivity contribution in [3.05, 3.63) is 11.9 Å². The Balaban J connectivity index is 1.68. The van der Waals surface area contributed by atoms with Crippen LogP contribution >= 0.6 is 11.8 Å². The highest BCUT2D eigenvalue weighted by atomic mass is 32.2. The Labute approximate surface area is 112 Å². The van der Waals surface area contributed by atoms with Gasteiger partial charge in [-0.15, -0.1) is 0 Å². The van der Waals surface area contributed by atoms with Crippen LogP contribution in [0, 0.1) is 12.3 Å². The zero-order valence-electron chi connectivity index (χ0n) is 11.1. The fourth-order valence-electron chi connectivity index (χ4n) is 2.89. The third kappa shape index (κ3) is 2.28. The molecule has 1 aliphatic heterocycles. The molecule has 5 heteroatoms. The van der Waals surface area contributed by atoms with Crippen molar-refractivity contribution in [2.75, 3.05) is 17.6 Å². The summed E-state index contributed by atoms with van der Waals surface area (Å²) in [5.74, 6) is 1.22. The van der Waals surface area contributed by atoms with E-state index in [1.807, 2.05) is 36.6 Å². The van der Waals surface area contributed by atoms with Crippen molar-refractivity contribution in [2.45, 2.75) is 32.6 Å². The smallest absolute Gasteiger partial charge is 0.161 e. The molecule has 2 aliphatic rings. The van der Waals surface area contributed by atoms with Gasteiger partial charge in [-0.1, -0.05) is 24.6 Å². The standard InChI is InChI=1S/C13H20N4S/c1-10-11(7-17(2)16-10)15-12-14-8-13(9-18-12)5-3-4-6-13/h7H,3-6,8-9H2,1-2H3,(H,14,15). The van der Waals surface area contributed by atoms with Crippen LogP contribution in [-0.4, -0.2) is 27.2 Å². The third-order valence-corrected chi connectivity index (χ3v) is 5.25. The Kier molecular flexibility index (Phi) is 3.09. The molecule has 2 heterocycles. The summed E-state index contributed by atoms with van der Waals surface area (Å²) in [6.45, 7) is 3.02. The van der Waals surface area contributed by atoms with Gasteiger partial charge < -0.3 is 5.32 Å². The van der Waals surface area contributed by atoms with Crippen LogP contribution in [0.2, 0.25) is 0 Å². The number of aliphatic imine (C=N–C) groups is 1. The average molecular weight is 264 g/mol. The molecule has 0 atom stereocenters. The van der Waals surface area contributed by atoms with E-state index >= 15 is 0 Å². The fraction of sp³-hybridized carbons (Fsp3) is 0.692. The fourth-order valence-corrected chi connectivity index (χ4v) is 4.05. The number of hydrogen-bond donors (Lipinski definition) is 1. The van der Waals surface area contributed by atoms with Gasteiger partial charge in [0.1, 0.15) is 0 Å². The van der Waals surface area contributed by atoms with Crippen molar-refractivity contribution >= 4 is 22.6 Å². The molecule has 1 aliphatic carbocycles. The third-order valence-electron chi connectivity index (χ3n) is 3.99. The second kappa shape index (κ2) is 4.61. The molecule has 0 radical (unpaired) electrons. The maximum absolute atomic E-state index is 4.74. The van der Waals surface area contributed by atoms with Crippen LogP contribution < -0.4 is 5.32 Å². The first-order valence-corrected chi connectivity index (χ1v) is 7.60. The zero-order valence-corrected chi connectivity index (χ0v) is 11.9. The number of thioether (sulfide) groups is 1. The second-order valence-corrected chi connectivity index (χ2v) is 6.51. The van der Waals surface area contributed by atoms with Crippen LogP contribution in [0.1, 0.15) is 31.4 Å². The summed E-state index contributed by atoms with van der Waals surface area (Å²) in [6, 6.07) is 0. The monoisotopic (exact) mass is 264 g/mol. The van der Waals surface area contributed by atoms with Crippen molar-refractivity contribution in [1.29, 1.82) is 0 Å². The van der Waals surface area contributed by atoms with E-state index < -0.39 is 0 Å². The van der Waals surface area contributed by atoms with Crippen LogP contribution in [-0.2, 0) is 7.05 Å². The first-order valence-electron chi connectivity index (χ1n) is 6.61. The van der Waals surface area contributed by atoms with E-state index in [1.54, 1.807) is 0 Å². The number of rotatable bonds is 1. The molecule has 1 saturated carbocycles. The molecule has 1 aromatic heterocycles. The first-order chi connectivity index (χ1) is 8.67. The van der Waals surface area contributed by atoms with Crippen molar-refractivity contribution in [3.8, 4) is 0 Å². The Bertz CT molecular complexity index is 471. The van der Waals surface area contributed by atoms with Crippen molar-refractivity contribution in [2.24, 2.45) is 17.5 Å². The largest absolute Gasteiger partial charge is 0.332 e. The van der Waals surface area contributed by atoms with Crippen LogP contribution in [0.4, 0.5) is 5.69 Å². The van der Waals surface area contributed by atoms with Crippen LogP contribution in [0.3, 0.4) is 0 Å². The number of nitrogens with zero attached hydrogens (tertiary/aromatic N) is 3. The highest BCUT2D eigenvalue weighted by Crippen LogP contribution is 2.43. The number of aryl methyl sites for hydroxylation is 2. The molecular formula is C13H20N4S. The zero-order chi connectivity index (χ0) is 12.6. The van der Waals surface area contributed by atoms with Crippen LogP contribution in [0.25, 0.3) is 0 Å². The molecule has 4 nitrogen and oxygen atoms in total. The molecule has 1 spiro atoms. The highest BCUT2D eigenvalue weighted by molar-refractivity contribution is 8.14. The van der Waals surface area contributed by atoms with Gasteiger partial charge in [0.05, 0.1) is 11.4 Å². The van der Waals surface area contributed by atoms with Gasteiger partial charge >= 0.3 is 0 Å². The lowest BCUT2D eigenvalue weighted by atomic mass is 9.89. The minimum absolute atomic E-state index is 0.514. The Morgan fingerprint density at radius 2 is 2.17 bits per heavy atom. The van der Waals surface area contributed by atoms with E-state index in [-0.39, 0.29) is 0 Å². The number of hydrogen-bond acceptors (Lipinski definition) is 4. The summed E-state index contributed by atoms with van der Waals surface area (Å²) in [5, 5.41) is 8.80. The topological polar surface area (TPSA) is 42.2 Å². The molecule has 98 valence electrons. The molecule has 0 bridgehead atoms. The molecule has 0 unspecified atom stereocenters. The number of amidine groups is 1. The minimum Gasteiger partial charge on any atom is -0.332 e. The predicted molar refractivity (Wildman–Crippen MR) is 77.2 cm³/mol. The first kappa shape index (κ1) is 12.1. The summed E-state index contributed by atoms with van der Waals surface area (Å²) >= 11 is 1.87. The van der Waals surface area contributed by atoms with Gasteiger partial charge in [0.25, 0.3) is 0 Å². The minimum atomic E-state index is 0.514. The van der Waals surface area contributed by atoms with E-state index in [0.717, 1.165) is 23.1 Å². The SMILES string of the molecule is Cc1nn(C)cc1NC1=NCC2(CCCC2)CS1. The molecule has 1 fully saturated rings. The summed E-state index contributed by atoms with van der Waals surface area (Å²) in [4.78, 5) is 4.74.